The first kappa shape index (κ1) is 13.8. The maximum atomic E-state index is 9.30. The van der Waals surface area contributed by atoms with Crippen LogP contribution in [0, 0.1) is 6.92 Å². The summed E-state index contributed by atoms with van der Waals surface area (Å²) >= 11 is 0. The van der Waals surface area contributed by atoms with Crippen molar-refractivity contribution in [3.63, 3.8) is 0 Å². The normalized spacial score (nSPS) is 15.3. The molecule has 3 rings (SSSR count). The van der Waals surface area contributed by atoms with E-state index in [-0.39, 0.29) is 6.61 Å². The van der Waals surface area contributed by atoms with E-state index in [1.165, 1.54) is 0 Å². The van der Waals surface area contributed by atoms with Gasteiger partial charge in [-0.25, -0.2) is 15.0 Å². The van der Waals surface area contributed by atoms with Crippen molar-refractivity contribution in [2.45, 2.75) is 13.5 Å². The summed E-state index contributed by atoms with van der Waals surface area (Å²) in [6.45, 7) is 5.49. The molecule has 1 saturated heterocycles. The molecule has 2 aromatic heterocycles. The molecule has 0 atom stereocenters. The smallest absolute Gasteiger partial charge is 0.225 e. The Morgan fingerprint density at radius 3 is 2.38 bits per heavy atom. The van der Waals surface area contributed by atoms with E-state index in [0.717, 1.165) is 49.2 Å². The predicted molar refractivity (Wildman–Crippen MR) is 81.4 cm³/mol. The third-order valence-electron chi connectivity index (χ3n) is 3.62. The second kappa shape index (κ2) is 6.05. The Hall–Kier alpha value is -2.21. The molecular formula is C15H19N5O. The molecule has 0 unspecified atom stereocenters. The topological polar surface area (TPSA) is 65.4 Å². The van der Waals surface area contributed by atoms with Crippen LogP contribution in [0.25, 0.3) is 0 Å². The molecule has 0 aromatic carbocycles. The van der Waals surface area contributed by atoms with Gasteiger partial charge in [-0.3, -0.25) is 0 Å². The van der Waals surface area contributed by atoms with Crippen molar-refractivity contribution < 1.29 is 5.11 Å². The molecule has 0 bridgehead atoms. The lowest BCUT2D eigenvalue weighted by Gasteiger charge is -2.35. The number of anilines is 2. The quantitative estimate of drug-likeness (QED) is 0.907. The zero-order valence-electron chi connectivity index (χ0n) is 12.1. The van der Waals surface area contributed by atoms with Crippen LogP contribution in [0.2, 0.25) is 0 Å². The number of hydrogen-bond acceptors (Lipinski definition) is 6. The van der Waals surface area contributed by atoms with Crippen LogP contribution in [0.1, 0.15) is 11.3 Å². The number of aryl methyl sites for hydroxylation is 1. The molecule has 0 spiro atoms. The van der Waals surface area contributed by atoms with Gasteiger partial charge in [-0.2, -0.15) is 0 Å². The van der Waals surface area contributed by atoms with E-state index in [0.29, 0.717) is 0 Å². The molecule has 0 saturated carbocycles. The third-order valence-corrected chi connectivity index (χ3v) is 3.62. The van der Waals surface area contributed by atoms with Crippen LogP contribution < -0.4 is 9.80 Å². The molecule has 110 valence electrons. The van der Waals surface area contributed by atoms with Crippen LogP contribution in [0.15, 0.2) is 30.6 Å². The SMILES string of the molecule is Cc1cc(CO)cc(N2CCN(c3ncccn3)CC2)n1. The molecule has 1 aliphatic rings. The first-order valence-electron chi connectivity index (χ1n) is 7.11. The highest BCUT2D eigenvalue weighted by Crippen LogP contribution is 2.18. The van der Waals surface area contributed by atoms with Gasteiger partial charge in [-0.15, -0.1) is 0 Å². The van der Waals surface area contributed by atoms with Gasteiger partial charge in [0.05, 0.1) is 6.61 Å². The lowest BCUT2D eigenvalue weighted by Crippen LogP contribution is -2.47. The van der Waals surface area contributed by atoms with Crippen molar-refractivity contribution in [1.29, 1.82) is 0 Å². The molecular weight excluding hydrogens is 266 g/mol. The molecule has 21 heavy (non-hydrogen) atoms. The van der Waals surface area contributed by atoms with Gasteiger partial charge in [0.1, 0.15) is 5.82 Å². The lowest BCUT2D eigenvalue weighted by molar-refractivity contribution is 0.281. The fourth-order valence-corrected chi connectivity index (χ4v) is 2.56. The largest absolute Gasteiger partial charge is 0.392 e. The first-order valence-corrected chi connectivity index (χ1v) is 7.11. The molecule has 2 aromatic rings. The van der Waals surface area contributed by atoms with Crippen LogP contribution in [-0.2, 0) is 6.61 Å². The monoisotopic (exact) mass is 285 g/mol. The molecule has 1 N–H and O–H groups in total. The van der Waals surface area contributed by atoms with Crippen LogP contribution in [-0.4, -0.2) is 46.2 Å². The standard InChI is InChI=1S/C15H19N5O/c1-12-9-13(11-21)10-14(18-12)19-5-7-20(8-6-19)15-16-3-2-4-17-15/h2-4,9-10,21H,5-8,11H2,1H3. The fourth-order valence-electron chi connectivity index (χ4n) is 2.56. The van der Waals surface area contributed by atoms with Gasteiger partial charge in [0, 0.05) is 44.3 Å². The minimum Gasteiger partial charge on any atom is -0.392 e. The molecule has 6 heteroatoms. The molecule has 6 nitrogen and oxygen atoms in total. The van der Waals surface area contributed by atoms with E-state index in [4.69, 9.17) is 0 Å². The van der Waals surface area contributed by atoms with Gasteiger partial charge in [-0.1, -0.05) is 0 Å². The first-order chi connectivity index (χ1) is 10.3. The lowest BCUT2D eigenvalue weighted by atomic mass is 10.2. The van der Waals surface area contributed by atoms with E-state index < -0.39 is 0 Å². The summed E-state index contributed by atoms with van der Waals surface area (Å²) in [6, 6.07) is 5.70. The van der Waals surface area contributed by atoms with E-state index in [1.807, 2.05) is 25.1 Å². The predicted octanol–water partition coefficient (Wildman–Crippen LogP) is 0.999. The number of aromatic nitrogens is 3. The summed E-state index contributed by atoms with van der Waals surface area (Å²) in [7, 11) is 0. The molecule has 0 amide bonds. The summed E-state index contributed by atoms with van der Waals surface area (Å²) in [4.78, 5) is 17.6. The zero-order valence-corrected chi connectivity index (χ0v) is 12.1. The van der Waals surface area contributed by atoms with Gasteiger partial charge in [0.15, 0.2) is 0 Å². The fraction of sp³-hybridized carbons (Fsp3) is 0.400. The summed E-state index contributed by atoms with van der Waals surface area (Å²) in [5.41, 5.74) is 1.84. The minimum atomic E-state index is 0.0498. The zero-order chi connectivity index (χ0) is 14.7. The number of hydrogen-bond donors (Lipinski definition) is 1. The summed E-state index contributed by atoms with van der Waals surface area (Å²) in [5, 5.41) is 9.30. The average molecular weight is 285 g/mol. The average Bonchev–Trinajstić information content (AvgIpc) is 2.55. The van der Waals surface area contributed by atoms with E-state index >= 15 is 0 Å². The Balaban J connectivity index is 1.70. The molecule has 1 aliphatic heterocycles. The van der Waals surface area contributed by atoms with Gasteiger partial charge in [0.2, 0.25) is 5.95 Å². The Morgan fingerprint density at radius 1 is 1.05 bits per heavy atom. The van der Waals surface area contributed by atoms with Gasteiger partial charge >= 0.3 is 0 Å². The van der Waals surface area contributed by atoms with E-state index in [1.54, 1.807) is 12.4 Å². The number of aliphatic hydroxyl groups excluding tert-OH is 1. The van der Waals surface area contributed by atoms with Crippen LogP contribution in [0.5, 0.6) is 0 Å². The number of pyridine rings is 1. The van der Waals surface area contributed by atoms with E-state index in [2.05, 4.69) is 24.8 Å². The highest BCUT2D eigenvalue weighted by molar-refractivity contribution is 5.45. The number of nitrogens with zero attached hydrogens (tertiary/aromatic N) is 5. The maximum absolute atomic E-state index is 9.30. The van der Waals surface area contributed by atoms with Crippen LogP contribution >= 0.6 is 0 Å². The van der Waals surface area contributed by atoms with Crippen LogP contribution in [0.3, 0.4) is 0 Å². The maximum Gasteiger partial charge on any atom is 0.225 e. The van der Waals surface area contributed by atoms with E-state index in [9.17, 15) is 5.11 Å². The van der Waals surface area contributed by atoms with Gasteiger partial charge < -0.3 is 14.9 Å². The Morgan fingerprint density at radius 2 is 1.71 bits per heavy atom. The molecule has 1 fully saturated rings. The second-order valence-corrected chi connectivity index (χ2v) is 5.16. The number of piperazine rings is 1. The van der Waals surface area contributed by atoms with Crippen molar-refractivity contribution in [3.05, 3.63) is 41.9 Å². The van der Waals surface area contributed by atoms with Crippen molar-refractivity contribution in [2.75, 3.05) is 36.0 Å². The Kier molecular flexibility index (Phi) is 3.96. The van der Waals surface area contributed by atoms with Crippen LogP contribution in [0.4, 0.5) is 11.8 Å². The number of rotatable bonds is 3. The summed E-state index contributed by atoms with van der Waals surface area (Å²) < 4.78 is 0. The Bertz CT molecular complexity index is 596. The molecule has 0 radical (unpaired) electrons. The number of aliphatic hydroxyl groups is 1. The minimum absolute atomic E-state index is 0.0498. The van der Waals surface area contributed by atoms with Crippen molar-refractivity contribution in [2.24, 2.45) is 0 Å². The van der Waals surface area contributed by atoms with Crippen molar-refractivity contribution >= 4 is 11.8 Å². The molecule has 0 aliphatic carbocycles. The second-order valence-electron chi connectivity index (χ2n) is 5.16. The van der Waals surface area contributed by atoms with Gasteiger partial charge in [0.25, 0.3) is 0 Å². The van der Waals surface area contributed by atoms with Crippen molar-refractivity contribution in [1.82, 2.24) is 15.0 Å². The third kappa shape index (κ3) is 3.11. The van der Waals surface area contributed by atoms with Crippen molar-refractivity contribution in [3.8, 4) is 0 Å². The molecule has 3 heterocycles. The summed E-state index contributed by atoms with van der Waals surface area (Å²) in [6.07, 6.45) is 3.54. The Labute approximate surface area is 124 Å². The highest BCUT2D eigenvalue weighted by atomic mass is 16.3. The summed E-state index contributed by atoms with van der Waals surface area (Å²) in [5.74, 6) is 1.72. The van der Waals surface area contributed by atoms with Gasteiger partial charge in [-0.05, 0) is 30.7 Å². The highest BCUT2D eigenvalue weighted by Gasteiger charge is 2.20.